The van der Waals surface area contributed by atoms with Gasteiger partial charge >= 0.3 is 0 Å². The predicted octanol–water partition coefficient (Wildman–Crippen LogP) is 0.883. The van der Waals surface area contributed by atoms with E-state index in [0.29, 0.717) is 17.1 Å². The number of likely N-dealkylation sites (N-methyl/N-ethyl adjacent to an activating group) is 1. The van der Waals surface area contributed by atoms with Crippen LogP contribution in [0.15, 0.2) is 15.5 Å². The molecular formula is C14H24BrN5O. The van der Waals surface area contributed by atoms with Crippen molar-refractivity contribution in [2.45, 2.75) is 38.4 Å². The molecule has 0 aliphatic carbocycles. The van der Waals surface area contributed by atoms with Crippen LogP contribution in [0.2, 0.25) is 0 Å². The van der Waals surface area contributed by atoms with Gasteiger partial charge in [0.05, 0.1) is 18.4 Å². The molecule has 0 saturated carbocycles. The van der Waals surface area contributed by atoms with E-state index in [-0.39, 0.29) is 11.6 Å². The van der Waals surface area contributed by atoms with E-state index in [9.17, 15) is 4.79 Å². The van der Waals surface area contributed by atoms with E-state index in [2.05, 4.69) is 32.9 Å². The number of rotatable bonds is 4. The first-order chi connectivity index (χ1) is 9.90. The van der Waals surface area contributed by atoms with Crippen LogP contribution in [0.5, 0.6) is 0 Å². The third-order valence-electron chi connectivity index (χ3n) is 3.95. The molecule has 0 bridgehead atoms. The second-order valence-electron chi connectivity index (χ2n) is 6.00. The Morgan fingerprint density at radius 1 is 1.52 bits per heavy atom. The maximum Gasteiger partial charge on any atom is 0.283 e. The van der Waals surface area contributed by atoms with Crippen molar-refractivity contribution in [3.05, 3.63) is 21.0 Å². The summed E-state index contributed by atoms with van der Waals surface area (Å²) in [6.45, 7) is 4.38. The van der Waals surface area contributed by atoms with E-state index >= 15 is 0 Å². The Morgan fingerprint density at radius 3 is 2.86 bits per heavy atom. The minimum Gasteiger partial charge on any atom is -0.366 e. The molecule has 1 aliphatic rings. The van der Waals surface area contributed by atoms with Gasteiger partial charge in [-0.2, -0.15) is 5.10 Å². The summed E-state index contributed by atoms with van der Waals surface area (Å²) in [6, 6.07) is 0.576. The van der Waals surface area contributed by atoms with Crippen molar-refractivity contribution in [1.82, 2.24) is 14.7 Å². The third kappa shape index (κ3) is 3.84. The number of aromatic nitrogens is 2. The highest BCUT2D eigenvalue weighted by Gasteiger charge is 2.26. The Hall–Kier alpha value is -0.920. The zero-order valence-corrected chi connectivity index (χ0v) is 14.5. The summed E-state index contributed by atoms with van der Waals surface area (Å²) >= 11 is 3.46. The lowest BCUT2D eigenvalue weighted by Crippen LogP contribution is -2.46. The molecule has 2 atom stereocenters. The van der Waals surface area contributed by atoms with Crippen molar-refractivity contribution in [3.63, 3.8) is 0 Å². The van der Waals surface area contributed by atoms with E-state index in [4.69, 9.17) is 5.73 Å². The Labute approximate surface area is 134 Å². The smallest absolute Gasteiger partial charge is 0.283 e. The first-order valence-electron chi connectivity index (χ1n) is 7.32. The molecule has 2 rings (SSSR count). The van der Waals surface area contributed by atoms with Crippen LogP contribution in [0.1, 0.15) is 19.8 Å². The van der Waals surface area contributed by atoms with Gasteiger partial charge in [0.25, 0.3) is 5.56 Å². The van der Waals surface area contributed by atoms with E-state index < -0.39 is 0 Å². The molecule has 0 spiro atoms. The van der Waals surface area contributed by atoms with Crippen LogP contribution in [0.4, 0.5) is 5.69 Å². The van der Waals surface area contributed by atoms with Gasteiger partial charge in [-0.1, -0.05) is 0 Å². The van der Waals surface area contributed by atoms with Gasteiger partial charge in [0, 0.05) is 25.2 Å². The van der Waals surface area contributed by atoms with Crippen molar-refractivity contribution < 1.29 is 0 Å². The number of halogens is 1. The van der Waals surface area contributed by atoms with Crippen molar-refractivity contribution in [2.24, 2.45) is 5.73 Å². The molecule has 0 amide bonds. The van der Waals surface area contributed by atoms with Crippen LogP contribution in [0, 0.1) is 0 Å². The molecule has 7 heteroatoms. The number of nitrogens with two attached hydrogens (primary N) is 1. The maximum atomic E-state index is 12.4. The lowest BCUT2D eigenvalue weighted by molar-refractivity contribution is 0.366. The van der Waals surface area contributed by atoms with Gasteiger partial charge in [-0.05, 0) is 49.8 Å². The highest BCUT2D eigenvalue weighted by atomic mass is 79.9. The molecule has 1 aromatic rings. The molecule has 0 radical (unpaired) electrons. The van der Waals surface area contributed by atoms with Gasteiger partial charge < -0.3 is 15.5 Å². The largest absolute Gasteiger partial charge is 0.366 e. The quantitative estimate of drug-likeness (QED) is 0.866. The monoisotopic (exact) mass is 357 g/mol. The molecule has 118 valence electrons. The average Bonchev–Trinajstić information content (AvgIpc) is 2.41. The summed E-state index contributed by atoms with van der Waals surface area (Å²) < 4.78 is 2.10. The molecule has 1 fully saturated rings. The highest BCUT2D eigenvalue weighted by molar-refractivity contribution is 9.10. The van der Waals surface area contributed by atoms with Crippen molar-refractivity contribution in [1.29, 1.82) is 0 Å². The molecule has 0 aromatic carbocycles. The highest BCUT2D eigenvalue weighted by Crippen LogP contribution is 2.28. The third-order valence-corrected chi connectivity index (χ3v) is 4.70. The van der Waals surface area contributed by atoms with Gasteiger partial charge in [-0.15, -0.1) is 0 Å². The number of anilines is 1. The lowest BCUT2D eigenvalue weighted by Gasteiger charge is -2.38. The molecule has 2 heterocycles. The Balaban J connectivity index is 2.22. The number of hydrogen-bond donors (Lipinski definition) is 1. The molecule has 1 aromatic heterocycles. The van der Waals surface area contributed by atoms with E-state index in [1.807, 2.05) is 19.0 Å². The summed E-state index contributed by atoms with van der Waals surface area (Å²) in [7, 11) is 3.96. The van der Waals surface area contributed by atoms with E-state index in [1.165, 1.54) is 4.68 Å². The molecule has 6 nitrogen and oxygen atoms in total. The van der Waals surface area contributed by atoms with Crippen LogP contribution in [-0.4, -0.2) is 53.9 Å². The molecule has 1 aliphatic heterocycles. The summed E-state index contributed by atoms with van der Waals surface area (Å²) in [5, 5.41) is 4.31. The van der Waals surface area contributed by atoms with Crippen molar-refractivity contribution >= 4 is 21.6 Å². The normalized spacial score (nSPS) is 22.9. The Bertz CT molecular complexity index is 545. The van der Waals surface area contributed by atoms with Gasteiger partial charge in [-0.3, -0.25) is 4.79 Å². The summed E-state index contributed by atoms with van der Waals surface area (Å²) in [4.78, 5) is 16.7. The standard InChI is InChI=1S/C14H24BrN5O/c1-10-8-11(16)4-5-19(10)12-9-17-20(7-6-18(2)3)14(21)13(12)15/h9-11H,4-8,16H2,1-3H3. The molecular weight excluding hydrogens is 334 g/mol. The predicted molar refractivity (Wildman–Crippen MR) is 88.8 cm³/mol. The fourth-order valence-electron chi connectivity index (χ4n) is 2.68. The first-order valence-corrected chi connectivity index (χ1v) is 8.12. The van der Waals surface area contributed by atoms with Gasteiger partial charge in [0.1, 0.15) is 4.47 Å². The fraction of sp³-hybridized carbons (Fsp3) is 0.714. The van der Waals surface area contributed by atoms with Crippen LogP contribution in [-0.2, 0) is 6.54 Å². The lowest BCUT2D eigenvalue weighted by atomic mass is 9.99. The zero-order chi connectivity index (χ0) is 15.6. The van der Waals surface area contributed by atoms with E-state index in [0.717, 1.165) is 31.6 Å². The first kappa shape index (κ1) is 16.5. The van der Waals surface area contributed by atoms with Crippen LogP contribution in [0.3, 0.4) is 0 Å². The minimum atomic E-state index is -0.0728. The molecule has 21 heavy (non-hydrogen) atoms. The molecule has 2 N–H and O–H groups in total. The summed E-state index contributed by atoms with van der Waals surface area (Å²) in [5.74, 6) is 0. The fourth-order valence-corrected chi connectivity index (χ4v) is 3.21. The molecule has 2 unspecified atom stereocenters. The van der Waals surface area contributed by atoms with Crippen molar-refractivity contribution in [2.75, 3.05) is 32.1 Å². The second kappa shape index (κ2) is 6.89. The average molecular weight is 358 g/mol. The van der Waals surface area contributed by atoms with E-state index in [1.54, 1.807) is 6.20 Å². The van der Waals surface area contributed by atoms with Crippen molar-refractivity contribution in [3.8, 4) is 0 Å². The Kier molecular flexibility index (Phi) is 5.40. The number of nitrogens with zero attached hydrogens (tertiary/aromatic N) is 4. The topological polar surface area (TPSA) is 67.4 Å². The summed E-state index contributed by atoms with van der Waals surface area (Å²) in [5.41, 5.74) is 6.80. The zero-order valence-electron chi connectivity index (χ0n) is 12.9. The Morgan fingerprint density at radius 2 is 2.24 bits per heavy atom. The van der Waals surface area contributed by atoms with Gasteiger partial charge in [-0.25, -0.2) is 4.68 Å². The minimum absolute atomic E-state index is 0.0728. The number of hydrogen-bond acceptors (Lipinski definition) is 5. The van der Waals surface area contributed by atoms with Crippen LogP contribution in [0.25, 0.3) is 0 Å². The van der Waals surface area contributed by atoms with Crippen LogP contribution < -0.4 is 16.2 Å². The molecule has 1 saturated heterocycles. The van der Waals surface area contributed by atoms with Gasteiger partial charge in [0.2, 0.25) is 0 Å². The van der Waals surface area contributed by atoms with Gasteiger partial charge in [0.15, 0.2) is 0 Å². The summed E-state index contributed by atoms with van der Waals surface area (Å²) in [6.07, 6.45) is 3.67. The van der Waals surface area contributed by atoms with Crippen LogP contribution >= 0.6 is 15.9 Å². The maximum absolute atomic E-state index is 12.4. The number of piperidine rings is 1. The second-order valence-corrected chi connectivity index (χ2v) is 6.80. The SMILES string of the molecule is CC1CC(N)CCN1c1cnn(CCN(C)C)c(=O)c1Br.